The van der Waals surface area contributed by atoms with Gasteiger partial charge in [0.05, 0.1) is 0 Å². The maximum Gasteiger partial charge on any atom is 0.227 e. The Kier molecular flexibility index (Phi) is 7.13. The molecule has 12 aromatic rings. The fourth-order valence-electron chi connectivity index (χ4n) is 8.36. The Balaban J connectivity index is 1.09. The Morgan fingerprint density at radius 3 is 1.78 bits per heavy atom. The van der Waals surface area contributed by atoms with Crippen molar-refractivity contribution < 1.29 is 8.83 Å². The average Bonchev–Trinajstić information content (AvgIpc) is 3.91. The van der Waals surface area contributed by atoms with Crippen LogP contribution in [0.3, 0.4) is 0 Å². The van der Waals surface area contributed by atoms with Gasteiger partial charge in [-0.15, -0.1) is 0 Å². The molecule has 0 amide bonds. The summed E-state index contributed by atoms with van der Waals surface area (Å²) in [4.78, 5) is 20.5. The van der Waals surface area contributed by atoms with Crippen molar-refractivity contribution in [2.24, 2.45) is 0 Å². The van der Waals surface area contributed by atoms with Crippen LogP contribution in [0.1, 0.15) is 0 Å². The highest BCUT2D eigenvalue weighted by Crippen LogP contribution is 2.41. The van der Waals surface area contributed by atoms with Crippen LogP contribution in [0.25, 0.3) is 122 Å². The zero-order valence-electron chi connectivity index (χ0n) is 30.9. The Morgan fingerprint density at radius 2 is 0.931 bits per heavy atom. The fraction of sp³-hybridized carbons (Fsp3) is 0. The van der Waals surface area contributed by atoms with Gasteiger partial charge in [-0.25, -0.2) is 19.9 Å². The standard InChI is InChI=1S/C52H30N4O2/c1-3-11-31(12-4-1)35-15-9-16-36(29-35)49-54-50(37-24-27-40-39-17-7-8-20-44(39)57-45(40)30-37)56-51(55-49)42-19-10-18-41-38(42)26-23-32-21-22-33-25-28-43-48(47(33)46(32)41)58-52(53-43)34-13-5-2-6-14-34/h1-30H. The molecule has 0 saturated heterocycles. The third-order valence-electron chi connectivity index (χ3n) is 11.1. The quantitative estimate of drug-likeness (QED) is 0.163. The highest BCUT2D eigenvalue weighted by Gasteiger charge is 2.19. The first-order valence-corrected chi connectivity index (χ1v) is 19.3. The molecule has 6 nitrogen and oxygen atoms in total. The van der Waals surface area contributed by atoms with Gasteiger partial charge in [-0.05, 0) is 75.1 Å². The molecule has 0 spiro atoms. The zero-order chi connectivity index (χ0) is 38.2. The van der Waals surface area contributed by atoms with E-state index in [0.29, 0.717) is 23.4 Å². The summed E-state index contributed by atoms with van der Waals surface area (Å²) >= 11 is 0. The number of fused-ring (bicyclic) bond motifs is 10. The molecule has 9 aromatic carbocycles. The predicted molar refractivity (Wildman–Crippen MR) is 234 cm³/mol. The van der Waals surface area contributed by atoms with E-state index in [1.807, 2.05) is 66.7 Å². The molecule has 12 rings (SSSR count). The monoisotopic (exact) mass is 742 g/mol. The number of aromatic nitrogens is 4. The Labute approximate surface area is 331 Å². The molecule has 0 fully saturated rings. The number of hydrogen-bond acceptors (Lipinski definition) is 6. The lowest BCUT2D eigenvalue weighted by molar-refractivity contribution is 0.623. The average molecular weight is 743 g/mol. The van der Waals surface area contributed by atoms with Gasteiger partial charge in [-0.3, -0.25) is 0 Å². The number of oxazole rings is 1. The van der Waals surface area contributed by atoms with Gasteiger partial charge in [0.15, 0.2) is 23.1 Å². The van der Waals surface area contributed by atoms with Crippen molar-refractivity contribution in [3.05, 3.63) is 182 Å². The van der Waals surface area contributed by atoms with Crippen LogP contribution in [0, 0.1) is 0 Å². The summed E-state index contributed by atoms with van der Waals surface area (Å²) in [7, 11) is 0. The van der Waals surface area contributed by atoms with E-state index in [4.69, 9.17) is 28.8 Å². The fourth-order valence-corrected chi connectivity index (χ4v) is 8.36. The van der Waals surface area contributed by atoms with Crippen molar-refractivity contribution in [1.82, 2.24) is 19.9 Å². The summed E-state index contributed by atoms with van der Waals surface area (Å²) in [6.07, 6.45) is 0. The van der Waals surface area contributed by atoms with Gasteiger partial charge >= 0.3 is 0 Å². The summed E-state index contributed by atoms with van der Waals surface area (Å²) in [5.74, 6) is 2.33. The second kappa shape index (κ2) is 12.8. The lowest BCUT2D eigenvalue weighted by atomic mass is 9.93. The molecule has 58 heavy (non-hydrogen) atoms. The van der Waals surface area contributed by atoms with Crippen LogP contribution in [0.15, 0.2) is 191 Å². The molecule has 0 bridgehead atoms. The molecule has 0 aliphatic rings. The molecule has 3 aromatic heterocycles. The third-order valence-corrected chi connectivity index (χ3v) is 11.1. The molecule has 0 radical (unpaired) electrons. The van der Waals surface area contributed by atoms with E-state index >= 15 is 0 Å². The van der Waals surface area contributed by atoms with Gasteiger partial charge < -0.3 is 8.83 Å². The number of nitrogens with zero attached hydrogens (tertiary/aromatic N) is 4. The highest BCUT2D eigenvalue weighted by atomic mass is 16.3. The molecule has 270 valence electrons. The summed E-state index contributed by atoms with van der Waals surface area (Å²) in [6, 6.07) is 62.3. The van der Waals surface area contributed by atoms with Crippen LogP contribution >= 0.6 is 0 Å². The van der Waals surface area contributed by atoms with Gasteiger partial charge in [-0.1, -0.05) is 140 Å². The van der Waals surface area contributed by atoms with Crippen LogP contribution in [0.4, 0.5) is 0 Å². The van der Waals surface area contributed by atoms with Crippen molar-refractivity contribution in [1.29, 1.82) is 0 Å². The molecule has 0 saturated carbocycles. The first-order chi connectivity index (χ1) is 28.7. The summed E-state index contributed by atoms with van der Waals surface area (Å²) in [6.45, 7) is 0. The number of rotatable bonds is 5. The van der Waals surface area contributed by atoms with E-state index in [1.165, 1.54) is 0 Å². The zero-order valence-corrected chi connectivity index (χ0v) is 30.9. The van der Waals surface area contributed by atoms with E-state index < -0.39 is 0 Å². The second-order valence-corrected chi connectivity index (χ2v) is 14.6. The lowest BCUT2D eigenvalue weighted by Gasteiger charge is -2.13. The minimum atomic E-state index is 0.563. The topological polar surface area (TPSA) is 77.8 Å². The first-order valence-electron chi connectivity index (χ1n) is 19.3. The normalized spacial score (nSPS) is 11.8. The van der Waals surface area contributed by atoms with E-state index in [2.05, 4.69) is 115 Å². The second-order valence-electron chi connectivity index (χ2n) is 14.6. The number of para-hydroxylation sites is 1. The summed E-state index contributed by atoms with van der Waals surface area (Å²) < 4.78 is 12.9. The molecule has 0 unspecified atom stereocenters. The SMILES string of the molecule is c1ccc(-c2cccc(-c3nc(-c4ccc5c(c4)oc4ccccc45)nc(-c4cccc5c4ccc4ccc6ccc7nc(-c8ccccc8)oc7c6c45)n3)c2)cc1. The van der Waals surface area contributed by atoms with Crippen molar-refractivity contribution in [3.8, 4) is 56.7 Å². The number of hydrogen-bond donors (Lipinski definition) is 0. The van der Waals surface area contributed by atoms with E-state index in [1.54, 1.807) is 0 Å². The molecular weight excluding hydrogens is 713 g/mol. The number of benzene rings is 9. The van der Waals surface area contributed by atoms with Gasteiger partial charge in [0.25, 0.3) is 0 Å². The van der Waals surface area contributed by atoms with Crippen molar-refractivity contribution in [2.75, 3.05) is 0 Å². The summed E-state index contributed by atoms with van der Waals surface area (Å²) in [5.41, 5.74) is 9.01. The summed E-state index contributed by atoms with van der Waals surface area (Å²) in [5, 5.41) is 8.54. The minimum absolute atomic E-state index is 0.563. The highest BCUT2D eigenvalue weighted by molar-refractivity contribution is 6.27. The lowest BCUT2D eigenvalue weighted by Crippen LogP contribution is -2.01. The minimum Gasteiger partial charge on any atom is -0.456 e. The first kappa shape index (κ1) is 32.3. The molecule has 3 heterocycles. The molecule has 0 atom stereocenters. The van der Waals surface area contributed by atoms with E-state index in [0.717, 1.165) is 98.7 Å². The van der Waals surface area contributed by atoms with Crippen molar-refractivity contribution >= 4 is 65.4 Å². The molecule has 0 N–H and O–H groups in total. The van der Waals surface area contributed by atoms with Gasteiger partial charge in [0.2, 0.25) is 5.89 Å². The van der Waals surface area contributed by atoms with Crippen LogP contribution < -0.4 is 0 Å². The number of furan rings is 1. The maximum absolute atomic E-state index is 6.61. The molecule has 0 aliphatic heterocycles. The third kappa shape index (κ3) is 5.20. The Bertz CT molecular complexity index is 3570. The Morgan fingerprint density at radius 1 is 0.328 bits per heavy atom. The van der Waals surface area contributed by atoms with E-state index in [9.17, 15) is 0 Å². The molecule has 0 aliphatic carbocycles. The van der Waals surface area contributed by atoms with Crippen LogP contribution in [-0.2, 0) is 0 Å². The maximum atomic E-state index is 6.61. The van der Waals surface area contributed by atoms with Crippen LogP contribution in [0.5, 0.6) is 0 Å². The molecular formula is C52H30N4O2. The predicted octanol–water partition coefficient (Wildman–Crippen LogP) is 13.7. The largest absolute Gasteiger partial charge is 0.456 e. The smallest absolute Gasteiger partial charge is 0.227 e. The van der Waals surface area contributed by atoms with E-state index in [-0.39, 0.29) is 0 Å². The molecule has 6 heteroatoms. The van der Waals surface area contributed by atoms with Crippen molar-refractivity contribution in [3.63, 3.8) is 0 Å². The van der Waals surface area contributed by atoms with Crippen LogP contribution in [-0.4, -0.2) is 19.9 Å². The van der Waals surface area contributed by atoms with Gasteiger partial charge in [0.1, 0.15) is 16.7 Å². The van der Waals surface area contributed by atoms with Crippen molar-refractivity contribution in [2.45, 2.75) is 0 Å². The van der Waals surface area contributed by atoms with Crippen LogP contribution in [0.2, 0.25) is 0 Å². The van der Waals surface area contributed by atoms with Gasteiger partial charge in [0, 0.05) is 43.8 Å². The Hall–Kier alpha value is -7.96. The van der Waals surface area contributed by atoms with Gasteiger partial charge in [-0.2, -0.15) is 0 Å².